The van der Waals surface area contributed by atoms with Crippen LogP contribution in [-0.4, -0.2) is 47.6 Å². The lowest BCUT2D eigenvalue weighted by Crippen LogP contribution is -2.23. The molecule has 2 N–H and O–H groups in total. The molecule has 8 nitrogen and oxygen atoms in total. The first-order valence-electron chi connectivity index (χ1n) is 12.5. The number of aryl methyl sites for hydroxylation is 2. The number of fused-ring (bicyclic) bond motifs is 4. The first-order valence-corrected chi connectivity index (χ1v) is 12.5. The zero-order valence-electron chi connectivity index (χ0n) is 21.5. The summed E-state index contributed by atoms with van der Waals surface area (Å²) in [6.07, 6.45) is 0.362. The van der Waals surface area contributed by atoms with Crippen LogP contribution in [0.3, 0.4) is 0 Å². The molecule has 6 rings (SSSR count). The quantitative estimate of drug-likeness (QED) is 0.332. The van der Waals surface area contributed by atoms with E-state index in [0.29, 0.717) is 11.1 Å². The summed E-state index contributed by atoms with van der Waals surface area (Å²) < 4.78 is 11.2. The first kappa shape index (κ1) is 25.1. The van der Waals surface area contributed by atoms with Crippen molar-refractivity contribution in [1.29, 1.82) is 0 Å². The van der Waals surface area contributed by atoms with E-state index in [9.17, 15) is 29.4 Å². The lowest BCUT2D eigenvalue weighted by molar-refractivity contribution is 0.0973. The number of phenolic OH excluding ortho intramolecular Hbond substituents is 2. The Kier molecular flexibility index (Phi) is 5.76. The molecule has 0 amide bonds. The maximum absolute atomic E-state index is 13.4. The summed E-state index contributed by atoms with van der Waals surface area (Å²) >= 11 is 0. The van der Waals surface area contributed by atoms with Crippen LogP contribution in [0.1, 0.15) is 74.8 Å². The fraction of sp³-hybridized carbons (Fsp3) is 0.125. The Bertz CT molecular complexity index is 1680. The smallest absolute Gasteiger partial charge is 0.198 e. The number of rotatable bonds is 5. The van der Waals surface area contributed by atoms with Gasteiger partial charge in [-0.05, 0) is 36.1 Å². The first-order chi connectivity index (χ1) is 19.3. The number of ketones is 4. The number of aromatic hydroxyl groups is 2. The topological polar surface area (TPSA) is 127 Å². The van der Waals surface area contributed by atoms with Gasteiger partial charge in [0.15, 0.2) is 23.1 Å². The van der Waals surface area contributed by atoms with Crippen LogP contribution in [0.5, 0.6) is 23.0 Å². The second kappa shape index (κ2) is 9.20. The predicted octanol–water partition coefficient (Wildman–Crippen LogP) is 4.45. The van der Waals surface area contributed by atoms with Crippen molar-refractivity contribution in [2.75, 3.05) is 14.2 Å². The van der Waals surface area contributed by atoms with E-state index in [4.69, 9.17) is 9.47 Å². The predicted molar refractivity (Wildman–Crippen MR) is 143 cm³/mol. The fourth-order valence-electron chi connectivity index (χ4n) is 5.71. The molecule has 0 unspecified atom stereocenters. The van der Waals surface area contributed by atoms with E-state index in [-0.39, 0.29) is 80.3 Å². The lowest BCUT2D eigenvalue weighted by Gasteiger charge is -2.24. The number of ether oxygens (including phenoxy) is 2. The Morgan fingerprint density at radius 1 is 0.525 bits per heavy atom. The Morgan fingerprint density at radius 3 is 1.12 bits per heavy atom. The molecular weight excluding hydrogens is 512 g/mol. The van der Waals surface area contributed by atoms with Crippen LogP contribution in [0.25, 0.3) is 0 Å². The van der Waals surface area contributed by atoms with Crippen molar-refractivity contribution in [3.05, 3.63) is 116 Å². The third-order valence-electron chi connectivity index (χ3n) is 7.48. The molecule has 198 valence electrons. The molecule has 0 heterocycles. The molecular formula is C32H22O8. The molecule has 4 aromatic carbocycles. The highest BCUT2D eigenvalue weighted by Gasteiger charge is 2.37. The minimum absolute atomic E-state index is 0.0150. The van der Waals surface area contributed by atoms with Gasteiger partial charge < -0.3 is 19.7 Å². The van der Waals surface area contributed by atoms with Gasteiger partial charge in [-0.3, -0.25) is 19.2 Å². The molecule has 0 aromatic heterocycles. The van der Waals surface area contributed by atoms with Gasteiger partial charge in [-0.25, -0.2) is 0 Å². The van der Waals surface area contributed by atoms with Gasteiger partial charge >= 0.3 is 0 Å². The maximum atomic E-state index is 13.4. The molecule has 8 heteroatoms. The van der Waals surface area contributed by atoms with Gasteiger partial charge in [-0.2, -0.15) is 0 Å². The minimum Gasteiger partial charge on any atom is -0.507 e. The normalized spacial score (nSPS) is 13.3. The van der Waals surface area contributed by atoms with Crippen molar-refractivity contribution >= 4 is 23.1 Å². The Hall–Kier alpha value is -5.24. The van der Waals surface area contributed by atoms with Crippen molar-refractivity contribution in [2.45, 2.75) is 12.8 Å². The standard InChI is InChI=1S/C32H22O8/c1-39-31-15(13-21(33)23-25(31)29(37)19-9-5-3-7-17(19)27(23)35)11-12-16-14-22(34)24-26(32(16)40-2)30(38)20-10-6-4-8-18(20)28(24)36/h3-10,13-14,33-34H,11-12H2,1-2H3. The molecule has 40 heavy (non-hydrogen) atoms. The number of carbonyl (C=O) groups is 4. The Labute approximate surface area is 228 Å². The van der Waals surface area contributed by atoms with E-state index in [0.717, 1.165) is 0 Å². The molecule has 0 radical (unpaired) electrons. The SMILES string of the molecule is COc1c(CCc2cc(O)c3c(c2OC)C(=O)c2ccccc2C3=O)cc(O)c2c1C(=O)c1ccccc1C2=O. The van der Waals surface area contributed by atoms with Crippen LogP contribution in [0.15, 0.2) is 60.7 Å². The second-order valence-electron chi connectivity index (χ2n) is 9.58. The Morgan fingerprint density at radius 2 is 0.825 bits per heavy atom. The summed E-state index contributed by atoms with van der Waals surface area (Å²) in [4.78, 5) is 53.2. The molecule has 2 aliphatic carbocycles. The highest BCUT2D eigenvalue weighted by Crippen LogP contribution is 2.43. The van der Waals surface area contributed by atoms with Crippen molar-refractivity contribution in [1.82, 2.24) is 0 Å². The summed E-state index contributed by atoms with van der Waals surface area (Å²) in [7, 11) is 2.75. The van der Waals surface area contributed by atoms with Gasteiger partial charge in [-0.1, -0.05) is 48.5 Å². The van der Waals surface area contributed by atoms with Crippen LogP contribution >= 0.6 is 0 Å². The maximum Gasteiger partial charge on any atom is 0.198 e. The second-order valence-corrected chi connectivity index (χ2v) is 9.58. The zero-order valence-corrected chi connectivity index (χ0v) is 21.5. The molecule has 0 aliphatic heterocycles. The number of phenols is 2. The average molecular weight is 535 g/mol. The van der Waals surface area contributed by atoms with Gasteiger partial charge in [0.05, 0.1) is 36.5 Å². The summed E-state index contributed by atoms with van der Waals surface area (Å²) in [5.41, 5.74) is 1.47. The molecule has 0 fully saturated rings. The third-order valence-corrected chi connectivity index (χ3v) is 7.48. The Balaban J connectivity index is 1.43. The summed E-state index contributed by atoms with van der Waals surface area (Å²) in [6, 6.07) is 15.6. The van der Waals surface area contributed by atoms with E-state index in [1.54, 1.807) is 36.4 Å². The fourth-order valence-corrected chi connectivity index (χ4v) is 5.71. The highest BCUT2D eigenvalue weighted by atomic mass is 16.5. The molecule has 2 aliphatic rings. The molecule has 0 bridgehead atoms. The summed E-state index contributed by atoms with van der Waals surface area (Å²) in [5, 5.41) is 21.7. The average Bonchev–Trinajstić information content (AvgIpc) is 2.96. The number of hydrogen-bond donors (Lipinski definition) is 2. The van der Waals surface area contributed by atoms with Crippen molar-refractivity contribution < 1.29 is 38.9 Å². The summed E-state index contributed by atoms with van der Waals surface area (Å²) in [6.45, 7) is 0. The van der Waals surface area contributed by atoms with Crippen LogP contribution in [0.2, 0.25) is 0 Å². The highest BCUT2D eigenvalue weighted by molar-refractivity contribution is 6.31. The minimum atomic E-state index is -0.475. The van der Waals surface area contributed by atoms with Crippen LogP contribution in [0.4, 0.5) is 0 Å². The molecule has 4 aromatic rings. The van der Waals surface area contributed by atoms with Crippen LogP contribution in [-0.2, 0) is 12.8 Å². The molecule has 0 saturated carbocycles. The number of hydrogen-bond acceptors (Lipinski definition) is 8. The molecule has 0 spiro atoms. The van der Waals surface area contributed by atoms with Crippen LogP contribution in [0, 0.1) is 0 Å². The third kappa shape index (κ3) is 3.46. The number of carbonyl (C=O) groups excluding carboxylic acids is 4. The van der Waals surface area contributed by atoms with Gasteiger partial charge in [0.1, 0.15) is 23.0 Å². The van der Waals surface area contributed by atoms with Crippen molar-refractivity contribution in [3.8, 4) is 23.0 Å². The molecule has 0 saturated heterocycles. The van der Waals surface area contributed by atoms with E-state index in [1.165, 1.54) is 38.5 Å². The molecule has 0 atom stereocenters. The summed E-state index contributed by atoms with van der Waals surface area (Å²) in [5.74, 6) is -2.22. The lowest BCUT2D eigenvalue weighted by atomic mass is 9.80. The number of methoxy groups -OCH3 is 2. The monoisotopic (exact) mass is 534 g/mol. The van der Waals surface area contributed by atoms with Gasteiger partial charge in [-0.15, -0.1) is 0 Å². The van der Waals surface area contributed by atoms with E-state index >= 15 is 0 Å². The van der Waals surface area contributed by atoms with E-state index in [1.807, 2.05) is 0 Å². The van der Waals surface area contributed by atoms with E-state index < -0.39 is 23.1 Å². The van der Waals surface area contributed by atoms with Gasteiger partial charge in [0.25, 0.3) is 0 Å². The van der Waals surface area contributed by atoms with Crippen molar-refractivity contribution in [3.63, 3.8) is 0 Å². The van der Waals surface area contributed by atoms with Crippen molar-refractivity contribution in [2.24, 2.45) is 0 Å². The number of benzene rings is 4. The van der Waals surface area contributed by atoms with Gasteiger partial charge in [0.2, 0.25) is 0 Å². The van der Waals surface area contributed by atoms with Crippen LogP contribution < -0.4 is 9.47 Å². The van der Waals surface area contributed by atoms with E-state index in [2.05, 4.69) is 0 Å². The zero-order chi connectivity index (χ0) is 28.3. The largest absolute Gasteiger partial charge is 0.507 e. The van der Waals surface area contributed by atoms with Gasteiger partial charge in [0, 0.05) is 22.3 Å².